The van der Waals surface area contributed by atoms with Crippen LogP contribution in [0.1, 0.15) is 38.7 Å². The van der Waals surface area contributed by atoms with Gasteiger partial charge in [0.05, 0.1) is 0 Å². The van der Waals surface area contributed by atoms with Crippen molar-refractivity contribution in [3.63, 3.8) is 0 Å². The molecule has 0 aromatic heterocycles. The van der Waals surface area contributed by atoms with E-state index in [0.29, 0.717) is 6.42 Å². The number of carboxylic acid groups (broad SMARTS) is 1. The van der Waals surface area contributed by atoms with E-state index in [1.54, 1.807) is 0 Å². The number of benzene rings is 1. The minimum Gasteiger partial charge on any atom is -0.480 e. The first-order valence-corrected chi connectivity index (χ1v) is 6.64. The molecule has 1 aromatic rings. The number of carboxylic acids is 1. The molecule has 0 aliphatic carbocycles. The lowest BCUT2D eigenvalue weighted by atomic mass is 9.79. The Hall–Kier alpha value is -1.35. The van der Waals surface area contributed by atoms with Gasteiger partial charge in [-0.05, 0) is 45.2 Å². The van der Waals surface area contributed by atoms with Crippen LogP contribution in [0.4, 0.5) is 0 Å². The molecule has 1 N–H and O–H groups in total. The fraction of sp³-hybridized carbons (Fsp3) is 0.533. The predicted octanol–water partition coefficient (Wildman–Crippen LogP) is 2.86. The molecule has 1 aromatic carbocycles. The molecule has 0 bridgehead atoms. The molecule has 0 radical (unpaired) electrons. The normalized spacial score (nSPS) is 25.3. The van der Waals surface area contributed by atoms with Gasteiger partial charge in [0.25, 0.3) is 0 Å². The number of piperidine rings is 1. The van der Waals surface area contributed by atoms with Gasteiger partial charge in [-0.15, -0.1) is 0 Å². The molecule has 0 saturated carbocycles. The molecule has 2 rings (SSSR count). The minimum atomic E-state index is -0.840. The van der Waals surface area contributed by atoms with Crippen molar-refractivity contribution in [2.45, 2.75) is 44.7 Å². The van der Waals surface area contributed by atoms with E-state index < -0.39 is 11.5 Å². The maximum atomic E-state index is 11.9. The lowest BCUT2D eigenvalue weighted by Gasteiger charge is -2.46. The van der Waals surface area contributed by atoms with Gasteiger partial charge >= 0.3 is 5.97 Å². The topological polar surface area (TPSA) is 40.5 Å². The fourth-order valence-electron chi connectivity index (χ4n) is 3.07. The molecule has 1 saturated heterocycles. The number of rotatable bonds is 3. The van der Waals surface area contributed by atoms with E-state index in [0.717, 1.165) is 24.9 Å². The van der Waals surface area contributed by atoms with Crippen LogP contribution in [0.15, 0.2) is 30.3 Å². The molecule has 1 fully saturated rings. The van der Waals surface area contributed by atoms with Gasteiger partial charge in [-0.1, -0.05) is 30.3 Å². The highest BCUT2D eigenvalue weighted by Gasteiger charge is 2.47. The SMILES string of the molecule is CC(C)N1CCCCC1(C(=O)O)c1ccccc1. The van der Waals surface area contributed by atoms with E-state index in [-0.39, 0.29) is 6.04 Å². The average Bonchev–Trinajstić information content (AvgIpc) is 2.39. The fourth-order valence-corrected chi connectivity index (χ4v) is 3.07. The van der Waals surface area contributed by atoms with Gasteiger partial charge in [-0.2, -0.15) is 0 Å². The van der Waals surface area contributed by atoms with Crippen LogP contribution in [0.5, 0.6) is 0 Å². The summed E-state index contributed by atoms with van der Waals surface area (Å²) in [4.78, 5) is 14.1. The smallest absolute Gasteiger partial charge is 0.328 e. The van der Waals surface area contributed by atoms with E-state index >= 15 is 0 Å². The summed E-state index contributed by atoms with van der Waals surface area (Å²) < 4.78 is 0. The third-order valence-electron chi connectivity index (χ3n) is 3.91. The molecule has 3 nitrogen and oxygen atoms in total. The van der Waals surface area contributed by atoms with Crippen LogP contribution in [0.3, 0.4) is 0 Å². The zero-order valence-electron chi connectivity index (χ0n) is 11.1. The number of likely N-dealkylation sites (tertiary alicyclic amines) is 1. The van der Waals surface area contributed by atoms with E-state index in [2.05, 4.69) is 18.7 Å². The molecule has 0 spiro atoms. The summed E-state index contributed by atoms with van der Waals surface area (Å²) in [6, 6.07) is 9.90. The van der Waals surface area contributed by atoms with E-state index in [9.17, 15) is 9.90 Å². The number of aliphatic carboxylic acids is 1. The van der Waals surface area contributed by atoms with Crippen molar-refractivity contribution in [1.82, 2.24) is 4.90 Å². The molecule has 1 heterocycles. The Kier molecular flexibility index (Phi) is 3.71. The molecule has 18 heavy (non-hydrogen) atoms. The van der Waals surface area contributed by atoms with E-state index in [1.807, 2.05) is 30.3 Å². The average molecular weight is 247 g/mol. The third kappa shape index (κ3) is 2.03. The van der Waals surface area contributed by atoms with Crippen molar-refractivity contribution in [3.05, 3.63) is 35.9 Å². The van der Waals surface area contributed by atoms with Crippen molar-refractivity contribution in [2.24, 2.45) is 0 Å². The standard InChI is InChI=1S/C15H21NO2/c1-12(2)16-11-7-6-10-15(16,14(17)18)13-8-4-3-5-9-13/h3-5,8-9,12H,6-7,10-11H2,1-2H3,(H,17,18). The first-order valence-electron chi connectivity index (χ1n) is 6.64. The van der Waals surface area contributed by atoms with Gasteiger partial charge in [0.2, 0.25) is 0 Å². The number of hydrogen-bond acceptors (Lipinski definition) is 2. The Bertz CT molecular complexity index is 416. The molecule has 1 aliphatic rings. The zero-order valence-corrected chi connectivity index (χ0v) is 11.1. The Morgan fingerprint density at radius 1 is 1.28 bits per heavy atom. The van der Waals surface area contributed by atoms with Gasteiger partial charge in [0, 0.05) is 6.04 Å². The predicted molar refractivity (Wildman–Crippen MR) is 71.4 cm³/mol. The maximum absolute atomic E-state index is 11.9. The summed E-state index contributed by atoms with van der Waals surface area (Å²) in [6.07, 6.45) is 2.76. The minimum absolute atomic E-state index is 0.238. The second-order valence-electron chi connectivity index (χ2n) is 5.28. The highest BCUT2D eigenvalue weighted by molar-refractivity contribution is 5.81. The first kappa shape index (κ1) is 13.1. The Morgan fingerprint density at radius 3 is 2.50 bits per heavy atom. The summed E-state index contributed by atoms with van der Waals surface area (Å²) >= 11 is 0. The molecular formula is C15H21NO2. The summed E-state index contributed by atoms with van der Waals surface area (Å²) in [5, 5.41) is 9.82. The largest absolute Gasteiger partial charge is 0.480 e. The van der Waals surface area contributed by atoms with Crippen LogP contribution in [0.2, 0.25) is 0 Å². The van der Waals surface area contributed by atoms with Gasteiger partial charge in [0.1, 0.15) is 5.54 Å². The lowest BCUT2D eigenvalue weighted by Crippen LogP contribution is -2.57. The monoisotopic (exact) mass is 247 g/mol. The van der Waals surface area contributed by atoms with Crippen molar-refractivity contribution in [1.29, 1.82) is 0 Å². The summed E-state index contributed by atoms with van der Waals surface area (Å²) in [5.41, 5.74) is 0.0686. The molecule has 1 aliphatic heterocycles. The van der Waals surface area contributed by atoms with Gasteiger partial charge in [-0.3, -0.25) is 4.90 Å². The molecule has 3 heteroatoms. The van der Waals surface area contributed by atoms with Crippen LogP contribution >= 0.6 is 0 Å². The lowest BCUT2D eigenvalue weighted by molar-refractivity contribution is -0.157. The quantitative estimate of drug-likeness (QED) is 0.893. The Labute approximate surface area is 108 Å². The molecule has 98 valence electrons. The summed E-state index contributed by atoms with van der Waals surface area (Å²) in [6.45, 7) is 5.01. The second kappa shape index (κ2) is 5.11. The Balaban J connectivity index is 2.51. The molecule has 1 unspecified atom stereocenters. The number of hydrogen-bond donors (Lipinski definition) is 1. The number of carbonyl (C=O) groups is 1. The molecule has 1 atom stereocenters. The van der Waals surface area contributed by atoms with Gasteiger partial charge < -0.3 is 5.11 Å². The van der Waals surface area contributed by atoms with Crippen molar-refractivity contribution >= 4 is 5.97 Å². The van der Waals surface area contributed by atoms with Crippen molar-refractivity contribution in [2.75, 3.05) is 6.54 Å². The van der Waals surface area contributed by atoms with Crippen LogP contribution in [0.25, 0.3) is 0 Å². The molecule has 0 amide bonds. The third-order valence-corrected chi connectivity index (χ3v) is 3.91. The maximum Gasteiger partial charge on any atom is 0.328 e. The first-order chi connectivity index (χ1) is 8.59. The summed E-state index contributed by atoms with van der Waals surface area (Å²) in [7, 11) is 0. The van der Waals surface area contributed by atoms with E-state index in [1.165, 1.54) is 0 Å². The highest BCUT2D eigenvalue weighted by atomic mass is 16.4. The van der Waals surface area contributed by atoms with Crippen LogP contribution in [-0.2, 0) is 10.3 Å². The second-order valence-corrected chi connectivity index (χ2v) is 5.28. The summed E-state index contributed by atoms with van der Waals surface area (Å²) in [5.74, 6) is -0.720. The Morgan fingerprint density at radius 2 is 1.94 bits per heavy atom. The zero-order chi connectivity index (χ0) is 13.2. The highest BCUT2D eigenvalue weighted by Crippen LogP contribution is 2.39. The van der Waals surface area contributed by atoms with Crippen molar-refractivity contribution < 1.29 is 9.90 Å². The van der Waals surface area contributed by atoms with Crippen LogP contribution in [-0.4, -0.2) is 28.6 Å². The van der Waals surface area contributed by atoms with Crippen LogP contribution in [0, 0.1) is 0 Å². The molecular weight excluding hydrogens is 226 g/mol. The number of nitrogens with zero attached hydrogens (tertiary/aromatic N) is 1. The van der Waals surface area contributed by atoms with E-state index in [4.69, 9.17) is 0 Å². The van der Waals surface area contributed by atoms with Crippen molar-refractivity contribution in [3.8, 4) is 0 Å². The van der Waals surface area contributed by atoms with Gasteiger partial charge in [0.15, 0.2) is 0 Å². The van der Waals surface area contributed by atoms with Crippen LogP contribution < -0.4 is 0 Å². The van der Waals surface area contributed by atoms with Gasteiger partial charge in [-0.25, -0.2) is 4.79 Å².